The summed E-state index contributed by atoms with van der Waals surface area (Å²) in [6.45, 7) is 6.56. The van der Waals surface area contributed by atoms with Gasteiger partial charge in [-0.15, -0.1) is 10.2 Å². The molecule has 0 atom stereocenters. The third kappa shape index (κ3) is 3.11. The van der Waals surface area contributed by atoms with Gasteiger partial charge in [-0.2, -0.15) is 5.10 Å². The minimum Gasteiger partial charge on any atom is -0.369 e. The van der Waals surface area contributed by atoms with Gasteiger partial charge in [0.1, 0.15) is 5.82 Å². The lowest BCUT2D eigenvalue weighted by Gasteiger charge is -2.05. The van der Waals surface area contributed by atoms with Crippen molar-refractivity contribution in [2.75, 3.05) is 17.2 Å². The maximum Gasteiger partial charge on any atom is 0.276 e. The summed E-state index contributed by atoms with van der Waals surface area (Å²) in [6, 6.07) is 3.39. The van der Waals surface area contributed by atoms with Gasteiger partial charge in [0.25, 0.3) is 5.91 Å². The lowest BCUT2D eigenvalue weighted by atomic mass is 10.3. The van der Waals surface area contributed by atoms with Gasteiger partial charge in [0, 0.05) is 6.54 Å². The summed E-state index contributed by atoms with van der Waals surface area (Å²) < 4.78 is 0. The van der Waals surface area contributed by atoms with Gasteiger partial charge in [-0.25, -0.2) is 0 Å². The third-order valence-electron chi connectivity index (χ3n) is 2.82. The number of hydrogen-bond acceptors (Lipinski definition) is 5. The summed E-state index contributed by atoms with van der Waals surface area (Å²) in [5.41, 5.74) is 2.51. The Morgan fingerprint density at radius 2 is 2.10 bits per heavy atom. The molecule has 7 heteroatoms. The molecule has 0 aromatic carbocycles. The van der Waals surface area contributed by atoms with Crippen LogP contribution in [0.15, 0.2) is 12.1 Å². The number of amides is 1. The molecule has 0 saturated heterocycles. The number of hydrogen-bond donors (Lipinski definition) is 3. The van der Waals surface area contributed by atoms with Crippen molar-refractivity contribution in [3.8, 4) is 0 Å². The molecule has 0 saturated carbocycles. The Morgan fingerprint density at radius 1 is 1.30 bits per heavy atom. The number of anilines is 2. The number of nitrogens with zero attached hydrogens (tertiary/aromatic N) is 3. The van der Waals surface area contributed by atoms with E-state index in [2.05, 4.69) is 38.0 Å². The van der Waals surface area contributed by atoms with E-state index in [-0.39, 0.29) is 11.6 Å². The normalized spacial score (nSPS) is 10.3. The average molecular weight is 274 g/mol. The van der Waals surface area contributed by atoms with Crippen LogP contribution in [0, 0.1) is 13.8 Å². The molecule has 3 N–H and O–H groups in total. The maximum absolute atomic E-state index is 12.1. The molecule has 2 aromatic rings. The number of aromatic amines is 1. The van der Waals surface area contributed by atoms with E-state index in [9.17, 15) is 4.79 Å². The van der Waals surface area contributed by atoms with E-state index in [0.717, 1.165) is 24.4 Å². The number of carbonyl (C=O) groups is 1. The highest BCUT2D eigenvalue weighted by Gasteiger charge is 2.13. The second-order valence-corrected chi connectivity index (χ2v) is 4.49. The molecule has 0 fully saturated rings. The Morgan fingerprint density at radius 3 is 2.65 bits per heavy atom. The lowest BCUT2D eigenvalue weighted by molar-refractivity contribution is 0.102. The monoisotopic (exact) mass is 274 g/mol. The number of H-pyrrole nitrogens is 1. The van der Waals surface area contributed by atoms with E-state index in [1.54, 1.807) is 12.1 Å². The van der Waals surface area contributed by atoms with Crippen LogP contribution in [0.1, 0.15) is 35.2 Å². The molecule has 2 heterocycles. The zero-order valence-electron chi connectivity index (χ0n) is 11.8. The second-order valence-electron chi connectivity index (χ2n) is 4.49. The molecule has 7 nitrogen and oxygen atoms in total. The molecule has 106 valence electrons. The highest BCUT2D eigenvalue weighted by atomic mass is 16.1. The molecule has 2 aromatic heterocycles. The van der Waals surface area contributed by atoms with Gasteiger partial charge in [-0.1, -0.05) is 6.92 Å². The lowest BCUT2D eigenvalue weighted by Crippen LogP contribution is -2.15. The van der Waals surface area contributed by atoms with Crippen molar-refractivity contribution in [3.63, 3.8) is 0 Å². The highest BCUT2D eigenvalue weighted by molar-refractivity contribution is 6.03. The van der Waals surface area contributed by atoms with Gasteiger partial charge in [0.05, 0.1) is 17.1 Å². The van der Waals surface area contributed by atoms with E-state index in [0.29, 0.717) is 11.5 Å². The summed E-state index contributed by atoms with van der Waals surface area (Å²) in [7, 11) is 0. The average Bonchev–Trinajstić information content (AvgIpc) is 2.77. The van der Waals surface area contributed by atoms with Crippen molar-refractivity contribution in [1.82, 2.24) is 20.4 Å². The van der Waals surface area contributed by atoms with Crippen molar-refractivity contribution >= 4 is 17.4 Å². The molecule has 0 bridgehead atoms. The highest BCUT2D eigenvalue weighted by Crippen LogP contribution is 2.16. The molecule has 0 radical (unpaired) electrons. The quantitative estimate of drug-likeness (QED) is 0.773. The van der Waals surface area contributed by atoms with Crippen LogP contribution in [0.4, 0.5) is 11.5 Å². The fourth-order valence-corrected chi connectivity index (χ4v) is 1.71. The van der Waals surface area contributed by atoms with Crippen LogP contribution in [-0.2, 0) is 0 Å². The van der Waals surface area contributed by atoms with E-state index in [1.807, 2.05) is 13.8 Å². The Labute approximate surface area is 117 Å². The summed E-state index contributed by atoms with van der Waals surface area (Å²) in [4.78, 5) is 12.1. The second kappa shape index (κ2) is 6.14. The third-order valence-corrected chi connectivity index (χ3v) is 2.82. The zero-order chi connectivity index (χ0) is 14.5. The molecular weight excluding hydrogens is 256 g/mol. The van der Waals surface area contributed by atoms with Gasteiger partial charge < -0.3 is 10.6 Å². The molecule has 20 heavy (non-hydrogen) atoms. The Bertz CT molecular complexity index is 570. The molecule has 0 spiro atoms. The van der Waals surface area contributed by atoms with Crippen LogP contribution in [0.3, 0.4) is 0 Å². The van der Waals surface area contributed by atoms with E-state index in [4.69, 9.17) is 0 Å². The number of aromatic nitrogens is 4. The van der Waals surface area contributed by atoms with Crippen molar-refractivity contribution in [2.45, 2.75) is 27.2 Å². The molecule has 0 aliphatic rings. The first kappa shape index (κ1) is 14.0. The van der Waals surface area contributed by atoms with Gasteiger partial charge in [-0.3, -0.25) is 9.89 Å². The van der Waals surface area contributed by atoms with Crippen molar-refractivity contribution < 1.29 is 4.79 Å². The first-order chi connectivity index (χ1) is 9.61. The van der Waals surface area contributed by atoms with Crippen molar-refractivity contribution in [2.24, 2.45) is 0 Å². The maximum atomic E-state index is 12.1. The number of aryl methyl sites for hydroxylation is 2. The smallest absolute Gasteiger partial charge is 0.276 e. The summed E-state index contributed by atoms with van der Waals surface area (Å²) in [5, 5.41) is 20.6. The minimum atomic E-state index is -0.299. The number of carbonyl (C=O) groups excluding carboxylic acids is 1. The number of rotatable bonds is 5. The Balaban J connectivity index is 2.06. The van der Waals surface area contributed by atoms with Crippen LogP contribution in [0.5, 0.6) is 0 Å². The van der Waals surface area contributed by atoms with Gasteiger partial charge in [0.15, 0.2) is 5.69 Å². The molecular formula is C13H18N6O. The first-order valence-corrected chi connectivity index (χ1v) is 6.52. The summed E-state index contributed by atoms with van der Waals surface area (Å²) in [6.07, 6.45) is 1.00. The minimum absolute atomic E-state index is 0.270. The fraction of sp³-hybridized carbons (Fsp3) is 0.385. The Hall–Kier alpha value is -2.44. The fourth-order valence-electron chi connectivity index (χ4n) is 1.71. The van der Waals surface area contributed by atoms with E-state index in [1.165, 1.54) is 0 Å². The van der Waals surface area contributed by atoms with Gasteiger partial charge >= 0.3 is 0 Å². The van der Waals surface area contributed by atoms with Gasteiger partial charge in [-0.05, 0) is 32.4 Å². The van der Waals surface area contributed by atoms with E-state index < -0.39 is 0 Å². The van der Waals surface area contributed by atoms with Gasteiger partial charge in [0.2, 0.25) is 0 Å². The molecule has 0 unspecified atom stereocenters. The molecule has 0 aliphatic heterocycles. The topological polar surface area (TPSA) is 95.6 Å². The summed E-state index contributed by atoms with van der Waals surface area (Å²) in [5.74, 6) is 0.367. The largest absolute Gasteiger partial charge is 0.369 e. The Kier molecular flexibility index (Phi) is 4.29. The molecule has 2 rings (SSSR count). The van der Waals surface area contributed by atoms with E-state index >= 15 is 0 Å². The SMILES string of the molecule is CCCNc1ccc(C(=O)Nc2c(C)n[nH]c2C)nn1. The van der Waals surface area contributed by atoms with Crippen LogP contribution < -0.4 is 10.6 Å². The molecule has 0 aliphatic carbocycles. The van der Waals surface area contributed by atoms with Crippen LogP contribution in [0.2, 0.25) is 0 Å². The van der Waals surface area contributed by atoms with Crippen LogP contribution >= 0.6 is 0 Å². The van der Waals surface area contributed by atoms with Crippen molar-refractivity contribution in [3.05, 3.63) is 29.2 Å². The zero-order valence-corrected chi connectivity index (χ0v) is 11.8. The first-order valence-electron chi connectivity index (χ1n) is 6.52. The van der Waals surface area contributed by atoms with Crippen molar-refractivity contribution in [1.29, 1.82) is 0 Å². The predicted molar refractivity (Wildman–Crippen MR) is 76.8 cm³/mol. The summed E-state index contributed by atoms with van der Waals surface area (Å²) >= 11 is 0. The van der Waals surface area contributed by atoms with Crippen LogP contribution in [-0.4, -0.2) is 32.8 Å². The standard InChI is InChI=1S/C13H18N6O/c1-4-7-14-11-6-5-10(18-19-11)13(20)15-12-8(2)16-17-9(12)3/h5-6H,4,7H2,1-3H3,(H,14,19)(H,15,20)(H,16,17). The number of nitrogens with one attached hydrogen (secondary N) is 3. The predicted octanol–water partition coefficient (Wildman–Crippen LogP) is 1.89. The molecule has 1 amide bonds. The van der Waals surface area contributed by atoms with Crippen LogP contribution in [0.25, 0.3) is 0 Å².